The molecule has 0 aromatic heterocycles. The number of amides is 1. The number of carbonyl (C=O) groups is 2. The molecule has 0 unspecified atom stereocenters. The molecule has 24 heavy (non-hydrogen) atoms. The van der Waals surface area contributed by atoms with Gasteiger partial charge in [0.05, 0.1) is 5.03 Å². The highest BCUT2D eigenvalue weighted by Crippen LogP contribution is 2.25. The van der Waals surface area contributed by atoms with Crippen molar-refractivity contribution < 1.29 is 19.5 Å². The molecule has 2 rings (SSSR count). The lowest BCUT2D eigenvalue weighted by Crippen LogP contribution is -2.20. The van der Waals surface area contributed by atoms with Gasteiger partial charge in [0.15, 0.2) is 0 Å². The fourth-order valence-corrected chi connectivity index (χ4v) is 2.65. The van der Waals surface area contributed by atoms with Gasteiger partial charge < -0.3 is 10.4 Å². The SMILES string of the molecule is CCCC(=O)O.Cc1ccc(C(=O)NC2=CC(=C=O)CS2)cc1C. The Morgan fingerprint density at radius 2 is 2.00 bits per heavy atom. The first-order valence-corrected chi connectivity index (χ1v) is 8.54. The van der Waals surface area contributed by atoms with E-state index in [-0.39, 0.29) is 5.91 Å². The number of carboxylic acids is 1. The molecule has 1 heterocycles. The molecule has 128 valence electrons. The minimum Gasteiger partial charge on any atom is -0.481 e. The first-order chi connectivity index (χ1) is 11.4. The van der Waals surface area contributed by atoms with E-state index in [0.29, 0.717) is 28.3 Å². The van der Waals surface area contributed by atoms with E-state index >= 15 is 0 Å². The fraction of sp³-hybridized carbons (Fsp3) is 0.333. The van der Waals surface area contributed by atoms with Crippen LogP contribution in [0.25, 0.3) is 0 Å². The zero-order chi connectivity index (χ0) is 18.1. The molecule has 1 aliphatic heterocycles. The van der Waals surface area contributed by atoms with Gasteiger partial charge in [-0.15, -0.1) is 11.8 Å². The molecule has 0 saturated carbocycles. The summed E-state index contributed by atoms with van der Waals surface area (Å²) in [5, 5.41) is 11.4. The third-order valence-electron chi connectivity index (χ3n) is 3.29. The maximum atomic E-state index is 12.0. The molecular weight excluding hydrogens is 326 g/mol. The Labute approximate surface area is 145 Å². The van der Waals surface area contributed by atoms with Gasteiger partial charge in [-0.1, -0.05) is 13.0 Å². The fourth-order valence-electron chi connectivity index (χ4n) is 1.81. The van der Waals surface area contributed by atoms with E-state index in [0.717, 1.165) is 17.5 Å². The summed E-state index contributed by atoms with van der Waals surface area (Å²) < 4.78 is 0. The summed E-state index contributed by atoms with van der Waals surface area (Å²) in [5.41, 5.74) is 3.45. The number of aryl methyl sites for hydroxylation is 2. The number of thioether (sulfide) groups is 1. The summed E-state index contributed by atoms with van der Waals surface area (Å²) in [5.74, 6) is 1.56. The van der Waals surface area contributed by atoms with Crippen LogP contribution in [-0.2, 0) is 9.59 Å². The van der Waals surface area contributed by atoms with Gasteiger partial charge in [0.25, 0.3) is 5.91 Å². The second-order valence-electron chi connectivity index (χ2n) is 5.32. The molecule has 0 aliphatic carbocycles. The lowest BCUT2D eigenvalue weighted by Gasteiger charge is -2.07. The quantitative estimate of drug-likeness (QED) is 0.817. The minimum absolute atomic E-state index is 0.149. The number of carbonyl (C=O) groups excluding carboxylic acids is 2. The Morgan fingerprint density at radius 1 is 1.29 bits per heavy atom. The molecule has 0 atom stereocenters. The summed E-state index contributed by atoms with van der Waals surface area (Å²) in [6.07, 6.45) is 2.69. The van der Waals surface area contributed by atoms with E-state index in [4.69, 9.17) is 5.11 Å². The van der Waals surface area contributed by atoms with Crippen LogP contribution in [0.1, 0.15) is 41.3 Å². The zero-order valence-electron chi connectivity index (χ0n) is 14.0. The molecule has 6 heteroatoms. The van der Waals surface area contributed by atoms with E-state index < -0.39 is 5.97 Å². The standard InChI is InChI=1S/C14H13NO2S.C4H8O2/c1-9-3-4-12(5-10(9)2)14(17)15-13-6-11(7-16)8-18-13;1-2-3-4(5)6/h3-6H,8H2,1-2H3,(H,15,17);2-3H2,1H3,(H,5,6). The van der Waals surface area contributed by atoms with Crippen molar-refractivity contribution in [2.45, 2.75) is 33.6 Å². The maximum absolute atomic E-state index is 12.0. The van der Waals surface area contributed by atoms with E-state index in [2.05, 4.69) is 5.32 Å². The maximum Gasteiger partial charge on any atom is 0.303 e. The topological polar surface area (TPSA) is 83.5 Å². The minimum atomic E-state index is -0.711. The highest BCUT2D eigenvalue weighted by molar-refractivity contribution is 8.03. The van der Waals surface area contributed by atoms with Crippen molar-refractivity contribution in [3.63, 3.8) is 0 Å². The number of aliphatic carboxylic acids is 1. The Hall–Kier alpha value is -2.30. The smallest absolute Gasteiger partial charge is 0.303 e. The first-order valence-electron chi connectivity index (χ1n) is 7.56. The van der Waals surface area contributed by atoms with E-state index in [1.54, 1.807) is 12.1 Å². The van der Waals surface area contributed by atoms with Crippen LogP contribution in [-0.4, -0.2) is 28.7 Å². The van der Waals surface area contributed by atoms with Crippen LogP contribution < -0.4 is 5.32 Å². The molecule has 0 spiro atoms. The van der Waals surface area contributed by atoms with Crippen molar-refractivity contribution in [1.82, 2.24) is 5.32 Å². The van der Waals surface area contributed by atoms with Gasteiger partial charge in [-0.05, 0) is 49.6 Å². The second-order valence-corrected chi connectivity index (χ2v) is 6.34. The zero-order valence-corrected chi connectivity index (χ0v) is 14.8. The highest BCUT2D eigenvalue weighted by Gasteiger charge is 2.14. The Morgan fingerprint density at radius 3 is 2.46 bits per heavy atom. The number of hydrogen-bond acceptors (Lipinski definition) is 4. The molecule has 1 amide bonds. The Balaban J connectivity index is 0.000000413. The molecule has 1 aliphatic rings. The van der Waals surface area contributed by atoms with E-state index in [1.807, 2.05) is 38.8 Å². The lowest BCUT2D eigenvalue weighted by molar-refractivity contribution is -0.137. The average Bonchev–Trinajstić information content (AvgIpc) is 2.98. The van der Waals surface area contributed by atoms with Crippen molar-refractivity contribution in [1.29, 1.82) is 0 Å². The van der Waals surface area contributed by atoms with Gasteiger partial charge in [0, 0.05) is 23.3 Å². The molecular formula is C18H21NO4S. The number of hydrogen-bond donors (Lipinski definition) is 2. The molecule has 5 nitrogen and oxygen atoms in total. The van der Waals surface area contributed by atoms with Crippen LogP contribution in [0.5, 0.6) is 0 Å². The number of rotatable bonds is 4. The molecule has 1 aromatic carbocycles. The lowest BCUT2D eigenvalue weighted by atomic mass is 10.1. The van der Waals surface area contributed by atoms with Gasteiger partial charge in [0.1, 0.15) is 5.94 Å². The Bertz CT molecular complexity index is 703. The van der Waals surface area contributed by atoms with Crippen molar-refractivity contribution in [2.75, 3.05) is 5.75 Å². The van der Waals surface area contributed by atoms with Crippen molar-refractivity contribution in [2.24, 2.45) is 0 Å². The number of allylic oxidation sites excluding steroid dienone is 1. The summed E-state index contributed by atoms with van der Waals surface area (Å²) in [7, 11) is 0. The Kier molecular flexibility index (Phi) is 8.02. The van der Waals surface area contributed by atoms with E-state index in [1.165, 1.54) is 11.8 Å². The molecule has 0 fully saturated rings. The number of carboxylic acid groups (broad SMARTS) is 1. The van der Waals surface area contributed by atoms with Crippen LogP contribution in [0.15, 0.2) is 34.9 Å². The summed E-state index contributed by atoms with van der Waals surface area (Å²) >= 11 is 1.44. The summed E-state index contributed by atoms with van der Waals surface area (Å²) in [4.78, 5) is 32.0. The molecule has 0 bridgehead atoms. The van der Waals surface area contributed by atoms with Crippen LogP contribution >= 0.6 is 11.8 Å². The molecule has 1 aromatic rings. The third kappa shape index (κ3) is 6.44. The van der Waals surface area contributed by atoms with Crippen LogP contribution in [0.3, 0.4) is 0 Å². The average molecular weight is 347 g/mol. The summed E-state index contributed by atoms with van der Waals surface area (Å²) in [6, 6.07) is 5.59. The molecule has 0 radical (unpaired) electrons. The first kappa shape index (κ1) is 19.7. The van der Waals surface area contributed by atoms with Gasteiger partial charge in [0.2, 0.25) is 0 Å². The predicted octanol–water partition coefficient (Wildman–Crippen LogP) is 3.25. The van der Waals surface area contributed by atoms with E-state index in [9.17, 15) is 14.4 Å². The van der Waals surface area contributed by atoms with Crippen LogP contribution in [0.2, 0.25) is 0 Å². The number of nitrogens with one attached hydrogen (secondary N) is 1. The molecule has 0 saturated heterocycles. The van der Waals surface area contributed by atoms with Crippen LogP contribution in [0, 0.1) is 13.8 Å². The monoisotopic (exact) mass is 347 g/mol. The van der Waals surface area contributed by atoms with Gasteiger partial charge >= 0.3 is 5.97 Å². The second kappa shape index (κ2) is 9.75. The van der Waals surface area contributed by atoms with Gasteiger partial charge in [-0.3, -0.25) is 9.59 Å². The van der Waals surface area contributed by atoms with Crippen molar-refractivity contribution in [3.05, 3.63) is 51.6 Å². The molecule has 2 N–H and O–H groups in total. The van der Waals surface area contributed by atoms with Gasteiger partial charge in [-0.2, -0.15) is 0 Å². The van der Waals surface area contributed by atoms with Crippen molar-refractivity contribution >= 4 is 29.6 Å². The van der Waals surface area contributed by atoms with Gasteiger partial charge in [-0.25, -0.2) is 4.79 Å². The normalized spacial score (nSPS) is 12.6. The number of benzene rings is 1. The summed E-state index contributed by atoms with van der Waals surface area (Å²) in [6.45, 7) is 5.82. The predicted molar refractivity (Wildman–Crippen MR) is 95.7 cm³/mol. The van der Waals surface area contributed by atoms with Crippen LogP contribution in [0.4, 0.5) is 0 Å². The van der Waals surface area contributed by atoms with Crippen molar-refractivity contribution in [3.8, 4) is 0 Å². The largest absolute Gasteiger partial charge is 0.481 e. The third-order valence-corrected chi connectivity index (χ3v) is 4.28. The highest BCUT2D eigenvalue weighted by atomic mass is 32.2.